The summed E-state index contributed by atoms with van der Waals surface area (Å²) in [6.07, 6.45) is 2.11. The summed E-state index contributed by atoms with van der Waals surface area (Å²) < 4.78 is 74.6. The van der Waals surface area contributed by atoms with Gasteiger partial charge in [0.1, 0.15) is 17.6 Å². The highest BCUT2D eigenvalue weighted by Crippen LogP contribution is 2.34. The number of aromatic nitrogens is 1. The molecule has 0 fully saturated rings. The SMILES string of the molecule is [2H]/C(=C\C(=O)Cc1cc2c(Nc3c([2H])c([2H])c(F)c(C)c3[2H])c(C#N)cnc2cc1OCC)CN(C)C([2H])([2H])[2H]. The number of rotatable bonds is 9. The first-order valence-corrected chi connectivity index (χ1v) is 10.1. The Labute approximate surface area is 203 Å². The number of carbonyl (C=O) groups excluding carboxylic acids is 1. The molecule has 3 rings (SSSR count). The molecule has 170 valence electrons. The van der Waals surface area contributed by atoms with Crippen LogP contribution >= 0.6 is 0 Å². The number of hydrogen-bond acceptors (Lipinski definition) is 6. The quantitative estimate of drug-likeness (QED) is 0.463. The van der Waals surface area contributed by atoms with Crippen LogP contribution in [0, 0.1) is 24.1 Å². The number of carbonyl (C=O) groups is 1. The van der Waals surface area contributed by atoms with Crippen LogP contribution in [0.3, 0.4) is 0 Å². The molecular weight excluding hydrogens is 419 g/mol. The van der Waals surface area contributed by atoms with Crippen molar-refractivity contribution < 1.29 is 23.5 Å². The van der Waals surface area contributed by atoms with Crippen molar-refractivity contribution in [2.24, 2.45) is 0 Å². The minimum Gasteiger partial charge on any atom is -0.494 e. The van der Waals surface area contributed by atoms with E-state index < -0.39 is 30.7 Å². The molecule has 0 aliphatic heterocycles. The zero-order valence-corrected chi connectivity index (χ0v) is 18.5. The number of benzene rings is 2. The molecule has 0 amide bonds. The van der Waals surface area contributed by atoms with Crippen molar-refractivity contribution in [3.63, 3.8) is 0 Å². The summed E-state index contributed by atoms with van der Waals surface area (Å²) in [5.41, 5.74) is 0.642. The topological polar surface area (TPSA) is 78.2 Å². The van der Waals surface area contributed by atoms with Crippen molar-refractivity contribution in [3.8, 4) is 11.8 Å². The molecule has 1 aromatic heterocycles. The maximum absolute atomic E-state index is 14.3. The fourth-order valence-electron chi connectivity index (χ4n) is 3.12. The molecule has 0 saturated heterocycles. The predicted octanol–water partition coefficient (Wildman–Crippen LogP) is 4.93. The average molecular weight is 454 g/mol. The Kier molecular flexibility index (Phi) is 5.17. The van der Waals surface area contributed by atoms with Gasteiger partial charge in [-0.1, -0.05) is 6.05 Å². The fourth-order valence-corrected chi connectivity index (χ4v) is 3.12. The van der Waals surface area contributed by atoms with Crippen LogP contribution in [0.15, 0.2) is 48.6 Å². The normalized spacial score (nSPS) is 14.9. The van der Waals surface area contributed by atoms with Gasteiger partial charge in [0.2, 0.25) is 0 Å². The van der Waals surface area contributed by atoms with Gasteiger partial charge in [0.25, 0.3) is 0 Å². The van der Waals surface area contributed by atoms with Gasteiger partial charge < -0.3 is 15.0 Å². The number of hydrogen-bond donors (Lipinski definition) is 1. The fraction of sp³-hybridized carbons (Fsp3) is 0.269. The van der Waals surface area contributed by atoms with Crippen LogP contribution in [0.5, 0.6) is 5.75 Å². The number of ether oxygens (including phenoxy) is 1. The van der Waals surface area contributed by atoms with Crippen molar-refractivity contribution >= 4 is 28.1 Å². The second kappa shape index (κ2) is 10.7. The van der Waals surface area contributed by atoms with Crippen molar-refractivity contribution in [2.45, 2.75) is 20.3 Å². The number of halogens is 1. The molecule has 1 heterocycles. The first-order chi connectivity index (χ1) is 18.7. The Morgan fingerprint density at radius 2 is 2.30 bits per heavy atom. The molecule has 0 bridgehead atoms. The molecule has 2 aromatic carbocycles. The highest BCUT2D eigenvalue weighted by Gasteiger charge is 2.16. The summed E-state index contributed by atoms with van der Waals surface area (Å²) >= 11 is 0. The molecule has 1 N–H and O–H groups in total. The maximum atomic E-state index is 14.3. The highest BCUT2D eigenvalue weighted by molar-refractivity contribution is 5.98. The monoisotopic (exact) mass is 453 g/mol. The van der Waals surface area contributed by atoms with Crippen LogP contribution in [-0.4, -0.2) is 42.8 Å². The van der Waals surface area contributed by atoms with E-state index in [2.05, 4.69) is 10.3 Å². The van der Waals surface area contributed by atoms with Crippen LogP contribution in [0.25, 0.3) is 10.9 Å². The Morgan fingerprint density at radius 1 is 1.48 bits per heavy atom. The van der Waals surface area contributed by atoms with Gasteiger partial charge in [-0.2, -0.15) is 5.26 Å². The lowest BCUT2D eigenvalue weighted by Crippen LogP contribution is -2.11. The number of nitrogens with one attached hydrogen (secondary N) is 1. The number of nitrogens with zero attached hydrogens (tertiary/aromatic N) is 3. The molecule has 0 spiro atoms. The van der Waals surface area contributed by atoms with Gasteiger partial charge in [-0.25, -0.2) is 4.39 Å². The summed E-state index contributed by atoms with van der Waals surface area (Å²) in [4.78, 5) is 18.1. The van der Waals surface area contributed by atoms with Crippen molar-refractivity contribution in [1.29, 1.82) is 5.26 Å². The van der Waals surface area contributed by atoms with Gasteiger partial charge >= 0.3 is 0 Å². The molecule has 0 radical (unpaired) electrons. The van der Waals surface area contributed by atoms with E-state index in [-0.39, 0.29) is 54.2 Å². The minimum atomic E-state index is -2.42. The zero-order chi connectivity index (χ0) is 29.9. The summed E-state index contributed by atoms with van der Waals surface area (Å²) in [5.74, 6) is -1.13. The van der Waals surface area contributed by atoms with Gasteiger partial charge in [-0.3, -0.25) is 9.78 Å². The van der Waals surface area contributed by atoms with Gasteiger partial charge in [0, 0.05) is 46.0 Å². The number of likely N-dealkylation sites (N-methyl/N-ethyl adjacent to an activating group) is 1. The van der Waals surface area contributed by atoms with Gasteiger partial charge in [0.15, 0.2) is 5.78 Å². The Bertz CT molecular complexity index is 1520. The Hall–Kier alpha value is -3.76. The zero-order valence-electron chi connectivity index (χ0n) is 25.5. The van der Waals surface area contributed by atoms with Crippen molar-refractivity contribution in [3.05, 3.63) is 71.1 Å². The second-order valence-electron chi connectivity index (χ2n) is 7.23. The molecule has 0 aliphatic carbocycles. The van der Waals surface area contributed by atoms with E-state index >= 15 is 0 Å². The third-order valence-electron chi connectivity index (χ3n) is 4.62. The van der Waals surface area contributed by atoms with E-state index in [9.17, 15) is 14.4 Å². The maximum Gasteiger partial charge on any atom is 0.159 e. The molecule has 6 nitrogen and oxygen atoms in total. The van der Waals surface area contributed by atoms with Gasteiger partial charge in [-0.05, 0) is 63.7 Å². The largest absolute Gasteiger partial charge is 0.494 e. The van der Waals surface area contributed by atoms with E-state index in [1.807, 2.05) is 6.07 Å². The Morgan fingerprint density at radius 3 is 3.03 bits per heavy atom. The van der Waals surface area contributed by atoms with Crippen LogP contribution in [0.4, 0.5) is 15.8 Å². The number of pyridine rings is 1. The smallest absolute Gasteiger partial charge is 0.159 e. The second-order valence-corrected chi connectivity index (χ2v) is 7.23. The number of anilines is 2. The number of fused-ring (bicyclic) bond motifs is 1. The first-order valence-electron chi connectivity index (χ1n) is 13.6. The molecule has 0 aliphatic rings. The summed E-state index contributed by atoms with van der Waals surface area (Å²) in [6, 6.07) is 3.33. The summed E-state index contributed by atoms with van der Waals surface area (Å²) in [5, 5.41) is 13.0. The third kappa shape index (κ3) is 5.93. The van der Waals surface area contributed by atoms with Crippen LogP contribution < -0.4 is 10.1 Å². The van der Waals surface area contributed by atoms with E-state index in [1.165, 1.54) is 20.2 Å². The summed E-state index contributed by atoms with van der Waals surface area (Å²) in [7, 11) is 1.32. The predicted molar refractivity (Wildman–Crippen MR) is 128 cm³/mol. The molecule has 0 atom stereocenters. The lowest BCUT2D eigenvalue weighted by Gasteiger charge is -2.15. The first kappa shape index (κ1) is 15.9. The van der Waals surface area contributed by atoms with Gasteiger partial charge in [-0.15, -0.1) is 0 Å². The van der Waals surface area contributed by atoms with Crippen molar-refractivity contribution in [2.75, 3.05) is 32.5 Å². The Balaban J connectivity index is 2.12. The molecule has 3 aromatic rings. The highest BCUT2D eigenvalue weighted by atomic mass is 19.1. The number of allylic oxidation sites excluding steroid dienone is 1. The molecule has 0 saturated carbocycles. The van der Waals surface area contributed by atoms with Crippen LogP contribution in [-0.2, 0) is 11.2 Å². The third-order valence-corrected chi connectivity index (χ3v) is 4.62. The van der Waals surface area contributed by atoms with E-state index in [0.717, 1.165) is 11.0 Å². The molecular formula is C26H27FN4O2. The standard InChI is InChI=1S/C26H27FN4O2/c1-5-33-25-14-24-22(13-18(25)12-21(32)7-6-10-31(3)4)26(19(15-28)16-29-24)30-20-8-9-23(27)17(2)11-20/h6-9,11,13-14,16H,5,10,12H2,1-4H3,(H,29,30)/b7-6+/i3D3,6D,8D,9D,11D. The van der Waals surface area contributed by atoms with E-state index in [0.29, 0.717) is 22.2 Å². The van der Waals surface area contributed by atoms with Crippen LogP contribution in [0.2, 0.25) is 0 Å². The molecule has 33 heavy (non-hydrogen) atoms. The lowest BCUT2D eigenvalue weighted by atomic mass is 10.0. The number of ketones is 1. The van der Waals surface area contributed by atoms with Crippen LogP contribution in [0.1, 0.15) is 33.2 Å². The average Bonchev–Trinajstić information content (AvgIpc) is 2.88. The van der Waals surface area contributed by atoms with Gasteiger partial charge in [0.05, 0.1) is 28.9 Å². The molecule has 7 heteroatoms. The molecule has 0 unspecified atom stereocenters. The minimum absolute atomic E-state index is 0.0438. The van der Waals surface area contributed by atoms with E-state index in [1.54, 1.807) is 19.1 Å². The van der Waals surface area contributed by atoms with E-state index in [4.69, 9.17) is 14.3 Å². The number of nitriles is 1. The van der Waals surface area contributed by atoms with Crippen molar-refractivity contribution in [1.82, 2.24) is 9.88 Å². The lowest BCUT2D eigenvalue weighted by molar-refractivity contribution is -0.114. The summed E-state index contributed by atoms with van der Waals surface area (Å²) in [6.45, 7) is 0.658.